The highest BCUT2D eigenvalue weighted by Gasteiger charge is 2.36. The summed E-state index contributed by atoms with van der Waals surface area (Å²) in [6, 6.07) is 0. The molecular weight excluding hydrogens is 208 g/mol. The maximum atomic E-state index is 11.6. The summed E-state index contributed by atoms with van der Waals surface area (Å²) in [5.41, 5.74) is 0. The van der Waals surface area contributed by atoms with Gasteiger partial charge in [-0.25, -0.2) is 0 Å². The van der Waals surface area contributed by atoms with Crippen molar-refractivity contribution >= 4 is 17.5 Å². The quantitative estimate of drug-likeness (QED) is 0.405. The van der Waals surface area contributed by atoms with E-state index >= 15 is 0 Å². The number of unbranched alkanes of at least 4 members (excludes halogenated alkanes) is 2. The van der Waals surface area contributed by atoms with Gasteiger partial charge in [0.05, 0.1) is 0 Å². The van der Waals surface area contributed by atoms with E-state index < -0.39 is 17.7 Å². The lowest BCUT2D eigenvalue weighted by Gasteiger charge is -2.17. The van der Waals surface area contributed by atoms with Gasteiger partial charge < -0.3 is 4.74 Å². The Morgan fingerprint density at radius 2 is 2.06 bits per heavy atom. The van der Waals surface area contributed by atoms with Gasteiger partial charge in [0.2, 0.25) is 0 Å². The first-order valence-corrected chi connectivity index (χ1v) is 5.52. The van der Waals surface area contributed by atoms with Gasteiger partial charge in [0.25, 0.3) is 0 Å². The monoisotopic (exact) mass is 224 g/mol. The Bertz CT molecular complexity index is 341. The van der Waals surface area contributed by atoms with Crippen molar-refractivity contribution in [2.75, 3.05) is 0 Å². The fraction of sp³-hybridized carbons (Fsp3) is 0.583. The Morgan fingerprint density at radius 1 is 1.38 bits per heavy atom. The van der Waals surface area contributed by atoms with Gasteiger partial charge in [0, 0.05) is 12.5 Å². The standard InChI is InChI=1S/C12H16O4/c1-3-4-5-6-9(13)11-10(14)7-8(2)16-12(11)15/h7,11H,3-6H2,1-2H3. The highest BCUT2D eigenvalue weighted by atomic mass is 16.5. The predicted octanol–water partition coefficient (Wildman–Crippen LogP) is 1.78. The van der Waals surface area contributed by atoms with Crippen LogP contribution in [0.3, 0.4) is 0 Å². The third-order valence-corrected chi connectivity index (χ3v) is 2.48. The van der Waals surface area contributed by atoms with E-state index in [1.165, 1.54) is 13.0 Å². The van der Waals surface area contributed by atoms with Crippen LogP contribution in [-0.2, 0) is 19.1 Å². The molecule has 0 fully saturated rings. The van der Waals surface area contributed by atoms with Crippen LogP contribution in [0.1, 0.15) is 39.5 Å². The van der Waals surface area contributed by atoms with Crippen LogP contribution in [0.2, 0.25) is 0 Å². The van der Waals surface area contributed by atoms with Crippen molar-refractivity contribution < 1.29 is 19.1 Å². The number of allylic oxidation sites excluding steroid dienone is 2. The highest BCUT2D eigenvalue weighted by Crippen LogP contribution is 2.18. The van der Waals surface area contributed by atoms with Gasteiger partial charge in [-0.1, -0.05) is 19.8 Å². The molecule has 0 saturated carbocycles. The number of Topliss-reactive ketones (excluding diaryl/α,β-unsaturated/α-hetero) is 1. The van der Waals surface area contributed by atoms with Gasteiger partial charge >= 0.3 is 5.97 Å². The van der Waals surface area contributed by atoms with E-state index in [0.717, 1.165) is 19.3 Å². The molecule has 1 aliphatic rings. The zero-order valence-electron chi connectivity index (χ0n) is 9.62. The molecular formula is C12H16O4. The van der Waals surface area contributed by atoms with Crippen molar-refractivity contribution in [2.45, 2.75) is 39.5 Å². The summed E-state index contributed by atoms with van der Waals surface area (Å²) >= 11 is 0. The van der Waals surface area contributed by atoms with Gasteiger partial charge in [-0.05, 0) is 13.3 Å². The number of esters is 1. The number of hydrogen-bond acceptors (Lipinski definition) is 4. The molecule has 1 atom stereocenters. The second-order valence-electron chi connectivity index (χ2n) is 3.93. The molecule has 0 aromatic rings. The van der Waals surface area contributed by atoms with Crippen molar-refractivity contribution in [3.63, 3.8) is 0 Å². The van der Waals surface area contributed by atoms with Crippen molar-refractivity contribution in [2.24, 2.45) is 5.92 Å². The van der Waals surface area contributed by atoms with Crippen LogP contribution in [0.4, 0.5) is 0 Å². The molecule has 0 bridgehead atoms. The Balaban J connectivity index is 2.62. The average molecular weight is 224 g/mol. The van der Waals surface area contributed by atoms with Gasteiger partial charge in [-0.2, -0.15) is 0 Å². The van der Waals surface area contributed by atoms with Crippen LogP contribution >= 0.6 is 0 Å². The number of cyclic esters (lactones) is 1. The Morgan fingerprint density at radius 3 is 2.62 bits per heavy atom. The van der Waals surface area contributed by atoms with E-state index in [1.807, 2.05) is 6.92 Å². The molecule has 0 amide bonds. The Labute approximate surface area is 94.7 Å². The molecule has 0 aromatic heterocycles. The Kier molecular flexibility index (Phi) is 4.40. The van der Waals surface area contributed by atoms with Crippen LogP contribution in [0.25, 0.3) is 0 Å². The lowest BCUT2D eigenvalue weighted by atomic mass is 9.93. The lowest BCUT2D eigenvalue weighted by Crippen LogP contribution is -2.35. The third kappa shape index (κ3) is 3.02. The fourth-order valence-electron chi connectivity index (χ4n) is 1.63. The maximum Gasteiger partial charge on any atom is 0.329 e. The fourth-order valence-corrected chi connectivity index (χ4v) is 1.63. The minimum absolute atomic E-state index is 0.257. The summed E-state index contributed by atoms with van der Waals surface area (Å²) in [5.74, 6) is -2.47. The molecule has 1 heterocycles. The van der Waals surface area contributed by atoms with Crippen molar-refractivity contribution in [3.8, 4) is 0 Å². The van der Waals surface area contributed by atoms with Crippen LogP contribution in [0.5, 0.6) is 0 Å². The van der Waals surface area contributed by atoms with E-state index in [2.05, 4.69) is 0 Å². The summed E-state index contributed by atoms with van der Waals surface area (Å²) in [5, 5.41) is 0. The average Bonchev–Trinajstić information content (AvgIpc) is 2.16. The molecule has 1 aliphatic heterocycles. The molecule has 16 heavy (non-hydrogen) atoms. The zero-order valence-corrected chi connectivity index (χ0v) is 9.62. The molecule has 0 spiro atoms. The molecule has 1 rings (SSSR count). The zero-order chi connectivity index (χ0) is 12.1. The molecule has 4 nitrogen and oxygen atoms in total. The van der Waals surface area contributed by atoms with Crippen LogP contribution in [0.15, 0.2) is 11.8 Å². The smallest absolute Gasteiger partial charge is 0.329 e. The van der Waals surface area contributed by atoms with Crippen LogP contribution in [0, 0.1) is 5.92 Å². The molecule has 0 aliphatic carbocycles. The van der Waals surface area contributed by atoms with Gasteiger partial charge in [0.1, 0.15) is 5.76 Å². The molecule has 4 heteroatoms. The predicted molar refractivity (Wildman–Crippen MR) is 57.5 cm³/mol. The second-order valence-corrected chi connectivity index (χ2v) is 3.93. The first-order chi connectivity index (χ1) is 7.56. The topological polar surface area (TPSA) is 60.4 Å². The summed E-state index contributed by atoms with van der Waals surface area (Å²) in [7, 11) is 0. The Hall–Kier alpha value is -1.45. The largest absolute Gasteiger partial charge is 0.430 e. The van der Waals surface area contributed by atoms with E-state index in [9.17, 15) is 14.4 Å². The number of carbonyl (C=O) groups excluding carboxylic acids is 3. The lowest BCUT2D eigenvalue weighted by molar-refractivity contribution is -0.152. The van der Waals surface area contributed by atoms with Crippen molar-refractivity contribution in [1.29, 1.82) is 0 Å². The molecule has 1 unspecified atom stereocenters. The minimum atomic E-state index is -1.22. The number of rotatable bonds is 5. The van der Waals surface area contributed by atoms with E-state index in [0.29, 0.717) is 0 Å². The third-order valence-electron chi connectivity index (χ3n) is 2.48. The van der Waals surface area contributed by atoms with Gasteiger partial charge in [-0.3, -0.25) is 14.4 Å². The number of hydrogen-bond donors (Lipinski definition) is 0. The number of ether oxygens (including phenoxy) is 1. The number of ketones is 2. The van der Waals surface area contributed by atoms with Crippen molar-refractivity contribution in [1.82, 2.24) is 0 Å². The molecule has 0 N–H and O–H groups in total. The minimum Gasteiger partial charge on any atom is -0.430 e. The summed E-state index contributed by atoms with van der Waals surface area (Å²) < 4.78 is 4.78. The van der Waals surface area contributed by atoms with Gasteiger partial charge in [0.15, 0.2) is 17.5 Å². The normalized spacial score (nSPS) is 20.4. The highest BCUT2D eigenvalue weighted by molar-refractivity contribution is 6.21. The van der Waals surface area contributed by atoms with E-state index in [4.69, 9.17) is 4.74 Å². The summed E-state index contributed by atoms with van der Waals surface area (Å²) in [4.78, 5) is 34.5. The van der Waals surface area contributed by atoms with Crippen molar-refractivity contribution in [3.05, 3.63) is 11.8 Å². The van der Waals surface area contributed by atoms with E-state index in [-0.39, 0.29) is 18.0 Å². The molecule has 0 aromatic carbocycles. The molecule has 0 saturated heterocycles. The SMILES string of the molecule is CCCCCC(=O)C1C(=O)C=C(C)OC1=O. The second kappa shape index (κ2) is 5.58. The summed E-state index contributed by atoms with van der Waals surface area (Å²) in [6.07, 6.45) is 4.12. The first-order valence-electron chi connectivity index (χ1n) is 5.52. The van der Waals surface area contributed by atoms with Gasteiger partial charge in [-0.15, -0.1) is 0 Å². The summed E-state index contributed by atoms with van der Waals surface area (Å²) in [6.45, 7) is 3.55. The first kappa shape index (κ1) is 12.6. The molecule has 0 radical (unpaired) electrons. The number of carbonyl (C=O) groups is 3. The van der Waals surface area contributed by atoms with Crippen LogP contribution < -0.4 is 0 Å². The van der Waals surface area contributed by atoms with Crippen LogP contribution in [-0.4, -0.2) is 17.5 Å². The van der Waals surface area contributed by atoms with E-state index in [1.54, 1.807) is 0 Å². The molecule has 88 valence electrons. The maximum absolute atomic E-state index is 11.6.